The number of unbranched alkanes of at least 4 members (excludes halogenated alkanes) is 1. The molecule has 0 heterocycles. The van der Waals surface area contributed by atoms with Crippen molar-refractivity contribution in [2.24, 2.45) is 11.7 Å². The third-order valence-electron chi connectivity index (χ3n) is 2.47. The highest BCUT2D eigenvalue weighted by Gasteiger charge is 2.15. The van der Waals surface area contributed by atoms with E-state index < -0.39 is 6.04 Å². The lowest BCUT2D eigenvalue weighted by molar-refractivity contribution is -0.123. The maximum atomic E-state index is 11.5. The molecular weight excluding hydrogens is 220 g/mol. The fourth-order valence-corrected chi connectivity index (χ4v) is 1.21. The van der Waals surface area contributed by atoms with Crippen LogP contribution in [0.1, 0.15) is 26.7 Å². The van der Waals surface area contributed by atoms with E-state index in [-0.39, 0.29) is 11.8 Å². The Bertz CT molecular complexity index is 198. The Kier molecular flexibility index (Phi) is 10.1. The minimum absolute atomic E-state index is 0.0692. The van der Waals surface area contributed by atoms with Gasteiger partial charge < -0.3 is 20.5 Å². The fourth-order valence-electron chi connectivity index (χ4n) is 1.21. The number of methoxy groups -OCH3 is 1. The van der Waals surface area contributed by atoms with Crippen molar-refractivity contribution in [2.45, 2.75) is 32.7 Å². The normalized spacial score (nSPS) is 12.8. The number of hydrogen-bond donors (Lipinski definition) is 2. The lowest BCUT2D eigenvalue weighted by Crippen LogP contribution is -2.44. The monoisotopic (exact) mass is 246 g/mol. The Morgan fingerprint density at radius 3 is 2.53 bits per heavy atom. The number of hydrogen-bond acceptors (Lipinski definition) is 4. The van der Waals surface area contributed by atoms with Crippen molar-refractivity contribution in [1.82, 2.24) is 5.32 Å². The number of amides is 1. The van der Waals surface area contributed by atoms with Crippen LogP contribution in [-0.4, -0.2) is 45.4 Å². The van der Waals surface area contributed by atoms with Gasteiger partial charge in [-0.2, -0.15) is 0 Å². The van der Waals surface area contributed by atoms with Crippen molar-refractivity contribution in [1.29, 1.82) is 0 Å². The van der Waals surface area contributed by atoms with Crippen LogP contribution >= 0.6 is 0 Å². The first-order valence-corrected chi connectivity index (χ1v) is 6.19. The second-order valence-electron chi connectivity index (χ2n) is 4.37. The number of nitrogens with one attached hydrogen (secondary N) is 1. The van der Waals surface area contributed by atoms with Crippen LogP contribution in [0.15, 0.2) is 0 Å². The summed E-state index contributed by atoms with van der Waals surface area (Å²) in [5.41, 5.74) is 5.71. The van der Waals surface area contributed by atoms with E-state index >= 15 is 0 Å². The molecule has 5 heteroatoms. The molecule has 0 rings (SSSR count). The molecule has 0 aliphatic heterocycles. The Morgan fingerprint density at radius 2 is 1.94 bits per heavy atom. The molecule has 0 saturated carbocycles. The van der Waals surface area contributed by atoms with Crippen molar-refractivity contribution in [2.75, 3.05) is 33.5 Å². The van der Waals surface area contributed by atoms with Gasteiger partial charge in [0.25, 0.3) is 0 Å². The van der Waals surface area contributed by atoms with Gasteiger partial charge in [0, 0.05) is 20.3 Å². The largest absolute Gasteiger partial charge is 0.382 e. The van der Waals surface area contributed by atoms with Gasteiger partial charge in [0.05, 0.1) is 19.3 Å². The van der Waals surface area contributed by atoms with Gasteiger partial charge in [0.15, 0.2) is 0 Å². The minimum atomic E-state index is -0.409. The third kappa shape index (κ3) is 9.09. The zero-order chi connectivity index (χ0) is 13.1. The average molecular weight is 246 g/mol. The standard InChI is InChI=1S/C12H26N2O3/c1-10(2)11(13)12(15)14-6-4-5-7-17-9-8-16-3/h10-11H,4-9,13H2,1-3H3,(H,14,15)/t11-/m1/s1. The van der Waals surface area contributed by atoms with Gasteiger partial charge in [-0.05, 0) is 18.8 Å². The molecule has 1 amide bonds. The van der Waals surface area contributed by atoms with E-state index in [1.807, 2.05) is 13.8 Å². The first-order chi connectivity index (χ1) is 8.09. The summed E-state index contributed by atoms with van der Waals surface area (Å²) < 4.78 is 10.2. The summed E-state index contributed by atoms with van der Waals surface area (Å²) in [6.45, 7) is 6.49. The van der Waals surface area contributed by atoms with Crippen molar-refractivity contribution in [3.63, 3.8) is 0 Å². The molecule has 0 unspecified atom stereocenters. The number of carbonyl (C=O) groups excluding carboxylic acids is 1. The number of carbonyl (C=O) groups is 1. The molecule has 0 fully saturated rings. The van der Waals surface area contributed by atoms with Gasteiger partial charge in [-0.25, -0.2) is 0 Å². The van der Waals surface area contributed by atoms with Crippen LogP contribution in [0.4, 0.5) is 0 Å². The highest BCUT2D eigenvalue weighted by molar-refractivity contribution is 5.81. The SMILES string of the molecule is COCCOCCCCNC(=O)[C@H](N)C(C)C. The average Bonchev–Trinajstić information content (AvgIpc) is 2.31. The Labute approximate surface area is 104 Å². The number of nitrogens with two attached hydrogens (primary N) is 1. The molecule has 0 aliphatic carbocycles. The fraction of sp³-hybridized carbons (Fsp3) is 0.917. The molecule has 5 nitrogen and oxygen atoms in total. The third-order valence-corrected chi connectivity index (χ3v) is 2.47. The van der Waals surface area contributed by atoms with Crippen LogP contribution in [0.2, 0.25) is 0 Å². The summed E-state index contributed by atoms with van der Waals surface area (Å²) in [7, 11) is 1.65. The molecule has 102 valence electrons. The molecule has 0 bridgehead atoms. The van der Waals surface area contributed by atoms with E-state index in [1.165, 1.54) is 0 Å². The van der Waals surface area contributed by atoms with Crippen LogP contribution in [0.25, 0.3) is 0 Å². The molecule has 17 heavy (non-hydrogen) atoms. The second kappa shape index (κ2) is 10.5. The van der Waals surface area contributed by atoms with E-state index in [0.717, 1.165) is 12.8 Å². The molecule has 3 N–H and O–H groups in total. The predicted octanol–water partition coefficient (Wildman–Crippen LogP) is 0.529. The molecular formula is C12H26N2O3. The second-order valence-corrected chi connectivity index (χ2v) is 4.37. The van der Waals surface area contributed by atoms with Crippen LogP contribution in [0.5, 0.6) is 0 Å². The van der Waals surface area contributed by atoms with Crippen molar-refractivity contribution < 1.29 is 14.3 Å². The lowest BCUT2D eigenvalue weighted by atomic mass is 10.1. The Balaban J connectivity index is 3.31. The Hall–Kier alpha value is -0.650. The lowest BCUT2D eigenvalue weighted by Gasteiger charge is -2.15. The van der Waals surface area contributed by atoms with Crippen LogP contribution < -0.4 is 11.1 Å². The van der Waals surface area contributed by atoms with Gasteiger partial charge >= 0.3 is 0 Å². The molecule has 0 spiro atoms. The van der Waals surface area contributed by atoms with Gasteiger partial charge in [-0.3, -0.25) is 4.79 Å². The molecule has 0 radical (unpaired) electrons. The summed E-state index contributed by atoms with van der Waals surface area (Å²) in [5, 5.41) is 2.82. The molecule has 0 saturated heterocycles. The van der Waals surface area contributed by atoms with E-state index in [0.29, 0.717) is 26.4 Å². The minimum Gasteiger partial charge on any atom is -0.382 e. The van der Waals surface area contributed by atoms with Crippen LogP contribution in [0.3, 0.4) is 0 Å². The van der Waals surface area contributed by atoms with E-state index in [2.05, 4.69) is 5.32 Å². The van der Waals surface area contributed by atoms with Gasteiger partial charge in [0.1, 0.15) is 0 Å². The molecule has 0 aromatic carbocycles. The van der Waals surface area contributed by atoms with Crippen molar-refractivity contribution >= 4 is 5.91 Å². The van der Waals surface area contributed by atoms with Crippen LogP contribution in [0, 0.1) is 5.92 Å². The maximum Gasteiger partial charge on any atom is 0.237 e. The smallest absolute Gasteiger partial charge is 0.237 e. The predicted molar refractivity (Wildman–Crippen MR) is 67.8 cm³/mol. The summed E-state index contributed by atoms with van der Waals surface area (Å²) in [6.07, 6.45) is 1.84. The van der Waals surface area contributed by atoms with Crippen molar-refractivity contribution in [3.8, 4) is 0 Å². The molecule has 1 atom stereocenters. The molecule has 0 aromatic heterocycles. The van der Waals surface area contributed by atoms with E-state index in [1.54, 1.807) is 7.11 Å². The first kappa shape index (κ1) is 16.4. The number of rotatable bonds is 10. The topological polar surface area (TPSA) is 73.6 Å². The summed E-state index contributed by atoms with van der Waals surface area (Å²) in [5.74, 6) is 0.104. The highest BCUT2D eigenvalue weighted by atomic mass is 16.5. The molecule has 0 aromatic rings. The summed E-state index contributed by atoms with van der Waals surface area (Å²) >= 11 is 0. The van der Waals surface area contributed by atoms with Gasteiger partial charge in [-0.1, -0.05) is 13.8 Å². The summed E-state index contributed by atoms with van der Waals surface area (Å²) in [6, 6.07) is -0.409. The number of ether oxygens (including phenoxy) is 2. The maximum absolute atomic E-state index is 11.5. The highest BCUT2D eigenvalue weighted by Crippen LogP contribution is 1.98. The zero-order valence-electron chi connectivity index (χ0n) is 11.2. The van der Waals surface area contributed by atoms with Gasteiger partial charge in [0.2, 0.25) is 5.91 Å². The first-order valence-electron chi connectivity index (χ1n) is 6.19. The van der Waals surface area contributed by atoms with E-state index in [4.69, 9.17) is 15.2 Å². The Morgan fingerprint density at radius 1 is 1.24 bits per heavy atom. The van der Waals surface area contributed by atoms with Crippen molar-refractivity contribution in [3.05, 3.63) is 0 Å². The zero-order valence-corrected chi connectivity index (χ0v) is 11.2. The van der Waals surface area contributed by atoms with Crippen LogP contribution in [-0.2, 0) is 14.3 Å². The van der Waals surface area contributed by atoms with Gasteiger partial charge in [-0.15, -0.1) is 0 Å². The quantitative estimate of drug-likeness (QED) is 0.551. The van der Waals surface area contributed by atoms with E-state index in [9.17, 15) is 4.79 Å². The summed E-state index contributed by atoms with van der Waals surface area (Å²) in [4.78, 5) is 11.5. The molecule has 0 aliphatic rings.